The summed E-state index contributed by atoms with van der Waals surface area (Å²) in [6, 6.07) is 50.8. The minimum atomic E-state index is 0.234. The maximum Gasteiger partial charge on any atom is 0.103 e. The molecule has 0 radical (unpaired) electrons. The van der Waals surface area contributed by atoms with Gasteiger partial charge in [0.15, 0.2) is 0 Å². The smallest absolute Gasteiger partial charge is 0.103 e. The Morgan fingerprint density at radius 2 is 1.23 bits per heavy atom. The van der Waals surface area contributed by atoms with Crippen molar-refractivity contribution in [2.24, 2.45) is 0 Å². The van der Waals surface area contributed by atoms with Crippen LogP contribution in [0.5, 0.6) is 0 Å². The molecule has 7 aromatic rings. The third kappa shape index (κ3) is 3.79. The van der Waals surface area contributed by atoms with Crippen LogP contribution in [0, 0.1) is 0 Å². The third-order valence-electron chi connectivity index (χ3n) is 7.87. The van der Waals surface area contributed by atoms with Gasteiger partial charge in [0.1, 0.15) is 5.37 Å². The Bertz CT molecular complexity index is 2020. The van der Waals surface area contributed by atoms with Crippen LogP contribution in [0.4, 0.5) is 5.69 Å². The highest BCUT2D eigenvalue weighted by atomic mass is 32.2. The van der Waals surface area contributed by atoms with Crippen molar-refractivity contribution >= 4 is 49.8 Å². The molecule has 0 fully saturated rings. The summed E-state index contributed by atoms with van der Waals surface area (Å²) in [5, 5.41) is 11.7. The zero-order valence-corrected chi connectivity index (χ0v) is 22.1. The lowest BCUT2D eigenvalue weighted by atomic mass is 9.93. The fourth-order valence-corrected chi connectivity index (χ4v) is 7.26. The average molecular weight is 516 g/mol. The van der Waals surface area contributed by atoms with Crippen LogP contribution in [0.3, 0.4) is 0 Å². The van der Waals surface area contributed by atoms with Gasteiger partial charge in [-0.1, -0.05) is 133 Å². The molecule has 8 rings (SSSR count). The van der Waals surface area contributed by atoms with Crippen LogP contribution in [0.15, 0.2) is 144 Å². The van der Waals surface area contributed by atoms with Crippen LogP contribution in [0.2, 0.25) is 0 Å². The van der Waals surface area contributed by atoms with Crippen molar-refractivity contribution in [2.45, 2.75) is 10.3 Å². The van der Waals surface area contributed by atoms with Crippen molar-refractivity contribution in [2.75, 3.05) is 5.32 Å². The largest absolute Gasteiger partial charge is 0.368 e. The predicted octanol–water partition coefficient (Wildman–Crippen LogP) is 10.7. The van der Waals surface area contributed by atoms with Crippen molar-refractivity contribution in [3.8, 4) is 22.3 Å². The number of thioether (sulfide) groups is 1. The van der Waals surface area contributed by atoms with Gasteiger partial charge in [-0.15, -0.1) is 0 Å². The molecular weight excluding hydrogens is 490 g/mol. The van der Waals surface area contributed by atoms with Crippen LogP contribution in [0.25, 0.3) is 54.6 Å². The number of nitrogens with one attached hydrogen (secondary N) is 1. The summed E-state index contributed by atoms with van der Waals surface area (Å²) in [7, 11) is 0. The molecule has 1 unspecified atom stereocenters. The van der Waals surface area contributed by atoms with E-state index in [1.807, 2.05) is 11.8 Å². The molecule has 2 heteroatoms. The molecule has 0 aromatic heterocycles. The van der Waals surface area contributed by atoms with E-state index in [1.165, 1.54) is 70.7 Å². The van der Waals surface area contributed by atoms with Gasteiger partial charge in [-0.2, -0.15) is 0 Å². The molecule has 0 saturated heterocycles. The molecule has 7 aromatic carbocycles. The Labute approximate surface area is 232 Å². The number of rotatable bonds is 3. The summed E-state index contributed by atoms with van der Waals surface area (Å²) in [5.74, 6) is 0. The highest BCUT2D eigenvalue weighted by molar-refractivity contribution is 8.00. The Kier molecular flexibility index (Phi) is 5.21. The van der Waals surface area contributed by atoms with Gasteiger partial charge in [-0.05, 0) is 72.9 Å². The van der Waals surface area contributed by atoms with Crippen molar-refractivity contribution < 1.29 is 0 Å². The van der Waals surface area contributed by atoms with Crippen LogP contribution in [-0.4, -0.2) is 0 Å². The van der Waals surface area contributed by atoms with Gasteiger partial charge >= 0.3 is 0 Å². The van der Waals surface area contributed by atoms with Gasteiger partial charge in [0.2, 0.25) is 0 Å². The Morgan fingerprint density at radius 1 is 0.487 bits per heavy atom. The van der Waals surface area contributed by atoms with Crippen molar-refractivity contribution in [3.63, 3.8) is 0 Å². The maximum absolute atomic E-state index is 3.74. The number of hydrogen-bond donors (Lipinski definition) is 1. The van der Waals surface area contributed by atoms with E-state index in [0.29, 0.717) is 0 Å². The third-order valence-corrected chi connectivity index (χ3v) is 9.16. The molecule has 1 N–H and O–H groups in total. The average Bonchev–Trinajstić information content (AvgIpc) is 3.46. The van der Waals surface area contributed by atoms with E-state index in [9.17, 15) is 0 Å². The molecule has 39 heavy (non-hydrogen) atoms. The first-order valence-electron chi connectivity index (χ1n) is 13.4. The summed E-state index contributed by atoms with van der Waals surface area (Å²) in [4.78, 5) is 1.35. The van der Waals surface area contributed by atoms with Gasteiger partial charge in [-0.25, -0.2) is 0 Å². The molecule has 1 atom stereocenters. The number of hydrogen-bond acceptors (Lipinski definition) is 2. The lowest BCUT2D eigenvalue weighted by Crippen LogP contribution is -2.00. The maximum atomic E-state index is 3.74. The summed E-state index contributed by atoms with van der Waals surface area (Å²) in [6.45, 7) is 0. The van der Waals surface area contributed by atoms with Gasteiger partial charge < -0.3 is 5.32 Å². The first-order chi connectivity index (χ1) is 19.3. The van der Waals surface area contributed by atoms with E-state index in [-0.39, 0.29) is 5.37 Å². The molecule has 1 aliphatic rings. The summed E-state index contributed by atoms with van der Waals surface area (Å²) < 4.78 is 0. The monoisotopic (exact) mass is 515 g/mol. The summed E-state index contributed by atoms with van der Waals surface area (Å²) in [5.41, 5.74) is 7.52. The van der Waals surface area contributed by atoms with Gasteiger partial charge in [-0.3, -0.25) is 0 Å². The molecule has 0 bridgehead atoms. The van der Waals surface area contributed by atoms with E-state index in [4.69, 9.17) is 0 Å². The second kappa shape index (κ2) is 9.04. The van der Waals surface area contributed by atoms with Crippen molar-refractivity contribution in [1.82, 2.24) is 0 Å². The molecule has 1 nitrogen and oxygen atoms in total. The van der Waals surface area contributed by atoms with E-state index in [2.05, 4.69) is 145 Å². The number of fused-ring (bicyclic) bond motifs is 6. The fourth-order valence-electron chi connectivity index (χ4n) is 5.95. The zero-order valence-electron chi connectivity index (χ0n) is 21.3. The second-order valence-corrected chi connectivity index (χ2v) is 11.3. The Balaban J connectivity index is 1.22. The van der Waals surface area contributed by atoms with Crippen LogP contribution < -0.4 is 5.32 Å². The molecule has 1 heterocycles. The molecule has 184 valence electrons. The highest BCUT2D eigenvalue weighted by Gasteiger charge is 2.25. The molecule has 0 amide bonds. The second-order valence-electron chi connectivity index (χ2n) is 10.2. The van der Waals surface area contributed by atoms with Gasteiger partial charge in [0.05, 0.1) is 0 Å². The molecule has 0 saturated carbocycles. The first kappa shape index (κ1) is 22.5. The number of benzene rings is 7. The molecule has 0 aliphatic carbocycles. The standard InChI is InChI=1S/C37H25NS/c1-2-9-26(10-3-1)37-38-34-21-19-25-16-17-30-23-28(18-20-33(30)35(25)36(34)39-37)27-12-6-13-29(22-27)32-15-7-11-24-8-4-5-14-31(24)32/h1-23,37-38H. The Morgan fingerprint density at radius 3 is 2.18 bits per heavy atom. The van der Waals surface area contributed by atoms with Crippen LogP contribution >= 0.6 is 11.8 Å². The van der Waals surface area contributed by atoms with E-state index in [1.54, 1.807) is 0 Å². The van der Waals surface area contributed by atoms with Gasteiger partial charge in [0.25, 0.3) is 0 Å². The topological polar surface area (TPSA) is 12.0 Å². The van der Waals surface area contributed by atoms with E-state index in [0.717, 1.165) is 0 Å². The summed E-state index contributed by atoms with van der Waals surface area (Å²) >= 11 is 1.92. The van der Waals surface area contributed by atoms with Crippen molar-refractivity contribution in [1.29, 1.82) is 0 Å². The lowest BCUT2D eigenvalue weighted by Gasteiger charge is -2.12. The number of anilines is 1. The predicted molar refractivity (Wildman–Crippen MR) is 168 cm³/mol. The van der Waals surface area contributed by atoms with E-state index < -0.39 is 0 Å². The van der Waals surface area contributed by atoms with Crippen LogP contribution in [-0.2, 0) is 0 Å². The van der Waals surface area contributed by atoms with Crippen molar-refractivity contribution in [3.05, 3.63) is 145 Å². The molecular formula is C37H25NS. The fraction of sp³-hybridized carbons (Fsp3) is 0.0270. The molecule has 1 aliphatic heterocycles. The first-order valence-corrected chi connectivity index (χ1v) is 14.3. The zero-order chi connectivity index (χ0) is 25.8. The normalized spacial score (nSPS) is 14.5. The minimum Gasteiger partial charge on any atom is -0.368 e. The minimum absolute atomic E-state index is 0.234. The summed E-state index contributed by atoms with van der Waals surface area (Å²) in [6.07, 6.45) is 0. The van der Waals surface area contributed by atoms with Gasteiger partial charge in [0, 0.05) is 16.0 Å². The lowest BCUT2D eigenvalue weighted by molar-refractivity contribution is 1.14. The van der Waals surface area contributed by atoms with E-state index >= 15 is 0 Å². The highest BCUT2D eigenvalue weighted by Crippen LogP contribution is 2.51. The quantitative estimate of drug-likeness (QED) is 0.235. The van der Waals surface area contributed by atoms with Crippen LogP contribution in [0.1, 0.15) is 10.9 Å². The SMILES string of the molecule is c1ccc(C2Nc3ccc4ccc5cc(-c6cccc(-c7cccc8ccccc78)c6)ccc5c4c3S2)cc1. The Hall–Kier alpha value is -4.53. The molecule has 0 spiro atoms.